The number of piperazine rings is 1. The van der Waals surface area contributed by atoms with Gasteiger partial charge in [0.1, 0.15) is 11.3 Å². The summed E-state index contributed by atoms with van der Waals surface area (Å²) in [6.07, 6.45) is 8.76. The van der Waals surface area contributed by atoms with Crippen molar-refractivity contribution in [2.24, 2.45) is 5.92 Å². The van der Waals surface area contributed by atoms with Crippen LogP contribution in [0.15, 0.2) is 49.1 Å². The van der Waals surface area contributed by atoms with E-state index in [1.54, 1.807) is 12.4 Å². The molecule has 30 heavy (non-hydrogen) atoms. The van der Waals surface area contributed by atoms with Gasteiger partial charge in [-0.2, -0.15) is 0 Å². The topological polar surface area (TPSA) is 78.4 Å². The Balaban J connectivity index is 1.16. The second-order valence-electron chi connectivity index (χ2n) is 7.85. The number of nitrogens with zero attached hydrogens (tertiary/aromatic N) is 7. The number of rotatable bonds is 3. The largest absolute Gasteiger partial charge is 0.370 e. The van der Waals surface area contributed by atoms with Crippen molar-refractivity contribution < 1.29 is 4.79 Å². The Bertz CT molecular complexity index is 1010. The number of fused-ring (bicyclic) bond motifs is 1. The summed E-state index contributed by atoms with van der Waals surface area (Å²) >= 11 is 0. The quantitative estimate of drug-likeness (QED) is 0.662. The van der Waals surface area contributed by atoms with Crippen LogP contribution in [0.2, 0.25) is 0 Å². The van der Waals surface area contributed by atoms with E-state index in [0.717, 1.165) is 69.1 Å². The van der Waals surface area contributed by atoms with Gasteiger partial charge in [0.05, 0.1) is 11.9 Å². The third-order valence-electron chi connectivity index (χ3n) is 6.08. The number of carbonyl (C=O) groups is 1. The highest BCUT2D eigenvalue weighted by Gasteiger charge is 2.30. The minimum atomic E-state index is 0.107. The Hall–Kier alpha value is -3.29. The minimum Gasteiger partial charge on any atom is -0.370 e. The molecule has 5 rings (SSSR count). The first-order chi connectivity index (χ1) is 14.8. The molecule has 0 unspecified atom stereocenters. The molecule has 0 spiro atoms. The van der Waals surface area contributed by atoms with Gasteiger partial charge in [-0.1, -0.05) is 6.07 Å². The van der Waals surface area contributed by atoms with Crippen molar-refractivity contribution >= 4 is 28.6 Å². The van der Waals surface area contributed by atoms with Gasteiger partial charge < -0.3 is 14.7 Å². The van der Waals surface area contributed by atoms with Crippen molar-refractivity contribution in [1.29, 1.82) is 0 Å². The van der Waals surface area contributed by atoms with Crippen LogP contribution in [-0.2, 0) is 4.79 Å². The van der Waals surface area contributed by atoms with Crippen LogP contribution in [0.5, 0.6) is 0 Å². The molecule has 0 N–H and O–H groups in total. The highest BCUT2D eigenvalue weighted by molar-refractivity contribution is 5.80. The van der Waals surface area contributed by atoms with Gasteiger partial charge in [-0.15, -0.1) is 0 Å². The van der Waals surface area contributed by atoms with Gasteiger partial charge in [0.25, 0.3) is 0 Å². The Morgan fingerprint density at radius 3 is 2.40 bits per heavy atom. The van der Waals surface area contributed by atoms with E-state index in [2.05, 4.69) is 29.7 Å². The Kier molecular flexibility index (Phi) is 5.13. The van der Waals surface area contributed by atoms with Gasteiger partial charge in [0.2, 0.25) is 5.91 Å². The summed E-state index contributed by atoms with van der Waals surface area (Å²) in [5.74, 6) is 1.40. The molecule has 0 aromatic carbocycles. The summed E-state index contributed by atoms with van der Waals surface area (Å²) in [5.41, 5.74) is 2.52. The van der Waals surface area contributed by atoms with Crippen LogP contribution >= 0.6 is 0 Å². The Morgan fingerprint density at radius 1 is 0.833 bits per heavy atom. The minimum absolute atomic E-state index is 0.107. The second-order valence-corrected chi connectivity index (χ2v) is 7.85. The van der Waals surface area contributed by atoms with Crippen molar-refractivity contribution in [3.05, 3.63) is 49.1 Å². The highest BCUT2D eigenvalue weighted by Crippen LogP contribution is 2.26. The van der Waals surface area contributed by atoms with E-state index in [4.69, 9.17) is 0 Å². The molecule has 0 bridgehead atoms. The van der Waals surface area contributed by atoms with E-state index >= 15 is 0 Å². The van der Waals surface area contributed by atoms with Crippen LogP contribution < -0.4 is 9.80 Å². The number of amides is 1. The van der Waals surface area contributed by atoms with E-state index in [-0.39, 0.29) is 5.92 Å². The first-order valence-corrected chi connectivity index (χ1v) is 10.5. The van der Waals surface area contributed by atoms with Crippen LogP contribution in [0.25, 0.3) is 11.2 Å². The number of hydrogen-bond donors (Lipinski definition) is 0. The van der Waals surface area contributed by atoms with Crippen LogP contribution in [0.4, 0.5) is 11.5 Å². The molecule has 1 amide bonds. The summed E-state index contributed by atoms with van der Waals surface area (Å²) in [7, 11) is 0. The molecular formula is C22H25N7O. The zero-order valence-corrected chi connectivity index (χ0v) is 16.9. The Morgan fingerprint density at radius 2 is 1.63 bits per heavy atom. The van der Waals surface area contributed by atoms with E-state index in [9.17, 15) is 4.79 Å². The SMILES string of the molecule is O=C(C1CCN(c2cnc3nccnc3c2)CC1)N1CCN(c2ccccn2)CC1. The summed E-state index contributed by atoms with van der Waals surface area (Å²) < 4.78 is 0. The van der Waals surface area contributed by atoms with Crippen molar-refractivity contribution in [2.75, 3.05) is 49.1 Å². The summed E-state index contributed by atoms with van der Waals surface area (Å²) in [5, 5.41) is 0. The number of hydrogen-bond acceptors (Lipinski definition) is 7. The van der Waals surface area contributed by atoms with E-state index < -0.39 is 0 Å². The fourth-order valence-corrected chi connectivity index (χ4v) is 4.36. The van der Waals surface area contributed by atoms with E-state index in [1.165, 1.54) is 0 Å². The first kappa shape index (κ1) is 18.7. The molecule has 2 saturated heterocycles. The van der Waals surface area contributed by atoms with Gasteiger partial charge >= 0.3 is 0 Å². The second kappa shape index (κ2) is 8.22. The van der Waals surface area contributed by atoms with Crippen LogP contribution in [0.1, 0.15) is 12.8 Å². The lowest BCUT2D eigenvalue weighted by atomic mass is 9.94. The van der Waals surface area contributed by atoms with Crippen molar-refractivity contribution in [2.45, 2.75) is 12.8 Å². The normalized spacial score (nSPS) is 18.1. The van der Waals surface area contributed by atoms with Gasteiger partial charge in [0, 0.05) is 63.8 Å². The number of pyridine rings is 2. The maximum Gasteiger partial charge on any atom is 0.225 e. The smallest absolute Gasteiger partial charge is 0.225 e. The number of carbonyl (C=O) groups excluding carboxylic acids is 1. The lowest BCUT2D eigenvalue weighted by Crippen LogP contribution is -2.51. The fraction of sp³-hybridized carbons (Fsp3) is 0.409. The molecule has 0 radical (unpaired) electrons. The average molecular weight is 403 g/mol. The predicted octanol–water partition coefficient (Wildman–Crippen LogP) is 1.99. The lowest BCUT2D eigenvalue weighted by Gasteiger charge is -2.39. The molecular weight excluding hydrogens is 378 g/mol. The molecule has 154 valence electrons. The van der Waals surface area contributed by atoms with Crippen LogP contribution in [-0.4, -0.2) is 70.0 Å². The van der Waals surface area contributed by atoms with Gasteiger partial charge in [-0.05, 0) is 31.0 Å². The zero-order chi connectivity index (χ0) is 20.3. The van der Waals surface area contributed by atoms with Gasteiger partial charge in [-0.25, -0.2) is 15.0 Å². The molecule has 0 aliphatic carbocycles. The molecule has 3 aromatic rings. The lowest BCUT2D eigenvalue weighted by molar-refractivity contribution is -0.136. The molecule has 2 aliphatic rings. The number of anilines is 2. The molecule has 5 heterocycles. The Labute approximate surface area is 175 Å². The summed E-state index contributed by atoms with van der Waals surface area (Å²) in [6.45, 7) is 4.93. The van der Waals surface area contributed by atoms with E-state index in [0.29, 0.717) is 11.6 Å². The monoisotopic (exact) mass is 403 g/mol. The summed E-state index contributed by atoms with van der Waals surface area (Å²) in [4.78, 5) is 37.1. The van der Waals surface area contributed by atoms with Gasteiger partial charge in [-0.3, -0.25) is 9.78 Å². The molecule has 0 saturated carbocycles. The third-order valence-corrected chi connectivity index (χ3v) is 6.08. The van der Waals surface area contributed by atoms with Gasteiger partial charge in [0.15, 0.2) is 5.65 Å². The number of piperidine rings is 1. The summed E-state index contributed by atoms with van der Waals surface area (Å²) in [6, 6.07) is 8.00. The predicted molar refractivity (Wildman–Crippen MR) is 115 cm³/mol. The third kappa shape index (κ3) is 3.77. The maximum atomic E-state index is 13.1. The van der Waals surface area contributed by atoms with Crippen LogP contribution in [0, 0.1) is 5.92 Å². The first-order valence-electron chi connectivity index (χ1n) is 10.5. The van der Waals surface area contributed by atoms with Crippen molar-refractivity contribution in [3.8, 4) is 0 Å². The molecule has 2 aliphatic heterocycles. The highest BCUT2D eigenvalue weighted by atomic mass is 16.2. The van der Waals surface area contributed by atoms with Crippen molar-refractivity contribution in [3.63, 3.8) is 0 Å². The van der Waals surface area contributed by atoms with E-state index in [1.807, 2.05) is 41.6 Å². The maximum absolute atomic E-state index is 13.1. The molecule has 3 aromatic heterocycles. The molecule has 0 atom stereocenters. The van der Waals surface area contributed by atoms with Crippen LogP contribution in [0.3, 0.4) is 0 Å². The average Bonchev–Trinajstić information content (AvgIpc) is 2.84. The number of aromatic nitrogens is 4. The standard InChI is InChI=1S/C22H25N7O/c30-22(29-13-11-28(12-14-29)20-3-1-2-6-24-20)17-4-9-27(10-5-17)18-15-19-21(26-16-18)25-8-7-23-19/h1-3,6-8,15-17H,4-5,9-14H2. The molecule has 2 fully saturated rings. The zero-order valence-electron chi connectivity index (χ0n) is 16.9. The van der Waals surface area contributed by atoms with Crippen molar-refractivity contribution in [1.82, 2.24) is 24.8 Å². The molecule has 8 nitrogen and oxygen atoms in total. The fourth-order valence-electron chi connectivity index (χ4n) is 4.36. The molecule has 8 heteroatoms.